The van der Waals surface area contributed by atoms with Crippen LogP contribution in [0, 0.1) is 0 Å². The van der Waals surface area contributed by atoms with E-state index in [4.69, 9.17) is 11.6 Å². The Morgan fingerprint density at radius 3 is 2.68 bits per heavy atom. The van der Waals surface area contributed by atoms with E-state index < -0.39 is 10.0 Å². The maximum absolute atomic E-state index is 12.4. The van der Waals surface area contributed by atoms with Crippen LogP contribution in [0.5, 0.6) is 0 Å². The van der Waals surface area contributed by atoms with Crippen LogP contribution in [-0.4, -0.2) is 32.4 Å². The molecule has 0 saturated carbocycles. The van der Waals surface area contributed by atoms with E-state index >= 15 is 0 Å². The smallest absolute Gasteiger partial charge is 0.216 e. The van der Waals surface area contributed by atoms with Crippen molar-refractivity contribution < 1.29 is 8.42 Å². The van der Waals surface area contributed by atoms with Crippen molar-refractivity contribution in [1.29, 1.82) is 0 Å². The summed E-state index contributed by atoms with van der Waals surface area (Å²) in [6.45, 7) is 4.44. The van der Waals surface area contributed by atoms with Gasteiger partial charge in [-0.05, 0) is 42.2 Å². The van der Waals surface area contributed by atoms with Crippen LogP contribution in [0.3, 0.4) is 0 Å². The zero-order valence-electron chi connectivity index (χ0n) is 14.3. The Morgan fingerprint density at radius 2 is 1.92 bits per heavy atom. The summed E-state index contributed by atoms with van der Waals surface area (Å²) in [7, 11) is -3.40. The second kappa shape index (κ2) is 7.87. The van der Waals surface area contributed by atoms with Crippen LogP contribution in [0.2, 0.25) is 5.02 Å². The van der Waals surface area contributed by atoms with Crippen molar-refractivity contribution in [2.24, 2.45) is 0 Å². The first-order valence-corrected chi connectivity index (χ1v) is 10.5. The quantitative estimate of drug-likeness (QED) is 0.839. The summed E-state index contributed by atoms with van der Waals surface area (Å²) in [5, 5.41) is 0.549. The third-order valence-corrected chi connectivity index (χ3v) is 6.08. The van der Waals surface area contributed by atoms with E-state index in [0.717, 1.165) is 19.5 Å². The molecule has 0 fully saturated rings. The highest BCUT2D eigenvalue weighted by Crippen LogP contribution is 2.19. The van der Waals surface area contributed by atoms with E-state index in [1.807, 2.05) is 6.92 Å². The summed E-state index contributed by atoms with van der Waals surface area (Å²) in [5.41, 5.74) is 3.43. The molecule has 0 aromatic heterocycles. The van der Waals surface area contributed by atoms with Gasteiger partial charge in [0, 0.05) is 30.7 Å². The fraction of sp³-hybridized carbons (Fsp3) is 0.368. The highest BCUT2D eigenvalue weighted by Gasteiger charge is 2.21. The minimum absolute atomic E-state index is 0.0548. The number of hydrogen-bond acceptors (Lipinski definition) is 3. The molecule has 0 spiro atoms. The Balaban J connectivity index is 1.56. The topological polar surface area (TPSA) is 49.4 Å². The molecule has 6 heteroatoms. The summed E-state index contributed by atoms with van der Waals surface area (Å²) < 4.78 is 27.6. The van der Waals surface area contributed by atoms with Crippen LogP contribution in [0.4, 0.5) is 0 Å². The molecule has 0 aliphatic carbocycles. The van der Waals surface area contributed by atoms with E-state index in [-0.39, 0.29) is 11.8 Å². The summed E-state index contributed by atoms with van der Waals surface area (Å²) >= 11 is 5.93. The molecule has 134 valence electrons. The molecule has 0 bridgehead atoms. The number of rotatable bonds is 6. The standard InChI is InChI=1S/C19H23ClN2O2S/c1-15(12-22-10-9-17-6-2-3-7-18(17)13-22)21-25(23,24)14-16-5-4-8-19(20)11-16/h2-8,11,15,21H,9-10,12-14H2,1H3/t15-/m0/s1. The van der Waals surface area contributed by atoms with Crippen molar-refractivity contribution in [3.05, 3.63) is 70.2 Å². The Bertz CT molecular complexity index is 839. The number of halogens is 1. The average molecular weight is 379 g/mol. The van der Waals surface area contributed by atoms with E-state index in [9.17, 15) is 8.42 Å². The molecule has 0 saturated heterocycles. The van der Waals surface area contributed by atoms with Crippen LogP contribution < -0.4 is 4.72 Å². The van der Waals surface area contributed by atoms with E-state index in [1.165, 1.54) is 11.1 Å². The first-order chi connectivity index (χ1) is 11.9. The Hall–Kier alpha value is -1.40. The van der Waals surface area contributed by atoms with Crippen LogP contribution in [0.1, 0.15) is 23.6 Å². The molecule has 0 unspecified atom stereocenters. The van der Waals surface area contributed by atoms with Gasteiger partial charge < -0.3 is 0 Å². The van der Waals surface area contributed by atoms with Gasteiger partial charge in [0.05, 0.1) is 5.75 Å². The molecular formula is C19H23ClN2O2S. The van der Waals surface area contributed by atoms with Gasteiger partial charge in [0.25, 0.3) is 0 Å². The van der Waals surface area contributed by atoms with E-state index in [1.54, 1.807) is 24.3 Å². The SMILES string of the molecule is C[C@@H](CN1CCc2ccccc2C1)NS(=O)(=O)Cc1cccc(Cl)c1. The molecule has 2 aromatic carbocycles. The number of nitrogens with one attached hydrogen (secondary N) is 1. The highest BCUT2D eigenvalue weighted by molar-refractivity contribution is 7.88. The normalized spacial score (nSPS) is 16.4. The third-order valence-electron chi connectivity index (χ3n) is 4.37. The number of fused-ring (bicyclic) bond motifs is 1. The molecule has 1 aliphatic rings. The fourth-order valence-corrected chi connectivity index (χ4v) is 4.93. The van der Waals surface area contributed by atoms with Crippen molar-refractivity contribution >= 4 is 21.6 Å². The molecule has 1 N–H and O–H groups in total. The Labute approximate surface area is 154 Å². The molecular weight excluding hydrogens is 356 g/mol. The number of benzene rings is 2. The zero-order chi connectivity index (χ0) is 17.9. The lowest BCUT2D eigenvalue weighted by Gasteiger charge is -2.31. The van der Waals surface area contributed by atoms with Gasteiger partial charge in [0.1, 0.15) is 0 Å². The van der Waals surface area contributed by atoms with Crippen LogP contribution in [0.15, 0.2) is 48.5 Å². The van der Waals surface area contributed by atoms with Gasteiger partial charge in [-0.15, -0.1) is 0 Å². The second-order valence-corrected chi connectivity index (χ2v) is 8.85. The Kier molecular flexibility index (Phi) is 5.79. The summed E-state index contributed by atoms with van der Waals surface area (Å²) in [6, 6.07) is 15.3. The molecule has 3 rings (SSSR count). The lowest BCUT2D eigenvalue weighted by Crippen LogP contribution is -2.43. The molecule has 1 aliphatic heterocycles. The van der Waals surface area contributed by atoms with Crippen molar-refractivity contribution in [2.45, 2.75) is 31.7 Å². The number of sulfonamides is 1. The zero-order valence-corrected chi connectivity index (χ0v) is 15.9. The van der Waals surface area contributed by atoms with Gasteiger partial charge in [-0.2, -0.15) is 0 Å². The molecule has 1 atom stereocenters. The van der Waals surface area contributed by atoms with Gasteiger partial charge in [-0.3, -0.25) is 4.90 Å². The average Bonchev–Trinajstić information content (AvgIpc) is 2.53. The lowest BCUT2D eigenvalue weighted by atomic mass is 10.00. The van der Waals surface area contributed by atoms with Gasteiger partial charge in [-0.25, -0.2) is 13.1 Å². The maximum atomic E-state index is 12.4. The van der Waals surface area contributed by atoms with Crippen LogP contribution in [-0.2, 0) is 28.7 Å². The summed E-state index contributed by atoms with van der Waals surface area (Å²) in [5.74, 6) is -0.0548. The third kappa shape index (κ3) is 5.28. The lowest BCUT2D eigenvalue weighted by molar-refractivity contribution is 0.237. The van der Waals surface area contributed by atoms with Gasteiger partial charge in [0.15, 0.2) is 0 Å². The van der Waals surface area contributed by atoms with Crippen LogP contribution in [0.25, 0.3) is 0 Å². The minimum Gasteiger partial charge on any atom is -0.297 e. The van der Waals surface area contributed by atoms with Crippen molar-refractivity contribution in [2.75, 3.05) is 13.1 Å². The second-order valence-electron chi connectivity index (χ2n) is 6.66. The predicted octanol–water partition coefficient (Wildman–Crippen LogP) is 3.21. The van der Waals surface area contributed by atoms with Gasteiger partial charge in [-0.1, -0.05) is 48.0 Å². The first kappa shape index (κ1) is 18.4. The van der Waals surface area contributed by atoms with E-state index in [0.29, 0.717) is 17.1 Å². The van der Waals surface area contributed by atoms with Crippen molar-refractivity contribution in [3.8, 4) is 0 Å². The van der Waals surface area contributed by atoms with Crippen molar-refractivity contribution in [1.82, 2.24) is 9.62 Å². The fourth-order valence-electron chi connectivity index (χ4n) is 3.33. The number of nitrogens with zero attached hydrogens (tertiary/aromatic N) is 1. The molecule has 0 radical (unpaired) electrons. The monoisotopic (exact) mass is 378 g/mol. The minimum atomic E-state index is -3.40. The van der Waals surface area contributed by atoms with Gasteiger partial charge in [0.2, 0.25) is 10.0 Å². The molecule has 0 amide bonds. The summed E-state index contributed by atoms with van der Waals surface area (Å²) in [4.78, 5) is 2.30. The van der Waals surface area contributed by atoms with Gasteiger partial charge >= 0.3 is 0 Å². The molecule has 1 heterocycles. The molecule has 25 heavy (non-hydrogen) atoms. The predicted molar refractivity (Wildman–Crippen MR) is 102 cm³/mol. The summed E-state index contributed by atoms with van der Waals surface area (Å²) in [6.07, 6.45) is 1.01. The first-order valence-electron chi connectivity index (χ1n) is 8.45. The largest absolute Gasteiger partial charge is 0.297 e. The highest BCUT2D eigenvalue weighted by atomic mass is 35.5. The molecule has 4 nitrogen and oxygen atoms in total. The van der Waals surface area contributed by atoms with Crippen LogP contribution >= 0.6 is 11.6 Å². The van der Waals surface area contributed by atoms with Crippen molar-refractivity contribution in [3.63, 3.8) is 0 Å². The van der Waals surface area contributed by atoms with E-state index in [2.05, 4.69) is 33.9 Å². The maximum Gasteiger partial charge on any atom is 0.216 e. The number of hydrogen-bond donors (Lipinski definition) is 1. The Morgan fingerprint density at radius 1 is 1.16 bits per heavy atom. The molecule has 2 aromatic rings.